The zero-order valence-electron chi connectivity index (χ0n) is 47.5. The Labute approximate surface area is 422 Å². The van der Waals surface area contributed by atoms with E-state index in [1.807, 2.05) is 0 Å². The topological polar surface area (TPSA) is 124 Å². The molecule has 0 aliphatic carbocycles. The molecule has 0 aromatic heterocycles. The molecule has 0 saturated heterocycles. The van der Waals surface area contributed by atoms with Gasteiger partial charge < -0.3 is 49.1 Å². The van der Waals surface area contributed by atoms with Crippen LogP contribution in [0.4, 0.5) is 0 Å². The molecule has 0 spiro atoms. The minimum Gasteiger partial charge on any atom is -0.390 e. The summed E-state index contributed by atoms with van der Waals surface area (Å²) in [4.78, 5) is 20.8. The van der Waals surface area contributed by atoms with Crippen LogP contribution < -0.4 is 0 Å². The molecule has 0 aliphatic rings. The molecule has 0 atom stereocenters. The van der Waals surface area contributed by atoms with Crippen LogP contribution in [0.2, 0.25) is 22.2 Å². The normalized spacial score (nSPS) is 12.6. The van der Waals surface area contributed by atoms with E-state index >= 15 is 0 Å². The quantitative estimate of drug-likeness (QED) is 0.0447. The lowest BCUT2D eigenvalue weighted by molar-refractivity contribution is 0.0679. The van der Waals surface area contributed by atoms with Crippen molar-refractivity contribution in [2.75, 3.05) is 56.9 Å². The summed E-state index contributed by atoms with van der Waals surface area (Å²) in [7, 11) is 1.54. The maximum Gasteiger partial charge on any atom is 0.500 e. The van der Waals surface area contributed by atoms with Crippen molar-refractivity contribution in [1.82, 2.24) is 0 Å². The molecule has 0 heterocycles. The van der Waals surface area contributed by atoms with E-state index in [-0.39, 0.29) is 22.2 Å². The zero-order chi connectivity index (χ0) is 51.3. The van der Waals surface area contributed by atoms with Gasteiger partial charge in [-0.1, -0.05) is 209 Å². The van der Waals surface area contributed by atoms with Gasteiger partial charge in [-0.15, -0.1) is 0 Å². The Morgan fingerprint density at radius 3 is 0.552 bits per heavy atom. The van der Waals surface area contributed by atoms with Gasteiger partial charge in [0.2, 0.25) is 0 Å². The summed E-state index contributed by atoms with van der Waals surface area (Å²) in [6, 6.07) is 0. The van der Waals surface area contributed by atoms with E-state index in [1.165, 1.54) is 128 Å². The van der Waals surface area contributed by atoms with Gasteiger partial charge in [-0.3, -0.25) is 0 Å². The lowest BCUT2D eigenvalue weighted by Gasteiger charge is -2.43. The summed E-state index contributed by atoms with van der Waals surface area (Å²) in [5.74, 6) is 0. The van der Waals surface area contributed by atoms with Gasteiger partial charge in [0.15, 0.2) is 0 Å². The van der Waals surface area contributed by atoms with Gasteiger partial charge in [-0.25, -0.2) is 0 Å². The summed E-state index contributed by atoms with van der Waals surface area (Å²) >= 11 is 0. The van der Waals surface area contributed by atoms with Crippen LogP contribution >= 0.6 is 0 Å². The van der Waals surface area contributed by atoms with Crippen molar-refractivity contribution in [3.63, 3.8) is 0 Å². The van der Waals surface area contributed by atoms with Crippen molar-refractivity contribution < 1.29 is 49.1 Å². The van der Waals surface area contributed by atoms with Gasteiger partial charge >= 0.3 is 35.2 Å². The molecular formula is C52H118O11Si4. The third kappa shape index (κ3) is 30.9. The summed E-state index contributed by atoms with van der Waals surface area (Å²) in [6.07, 6.45) is 37.3. The average Bonchev–Trinajstić information content (AvgIpc) is 3.35. The van der Waals surface area contributed by atoms with Crippen LogP contribution in [-0.4, -0.2) is 102 Å². The molecule has 0 radical (unpaired) electrons. The fourth-order valence-electron chi connectivity index (χ4n) is 9.34. The average molecular weight is 1030 g/mol. The van der Waals surface area contributed by atoms with Crippen molar-refractivity contribution in [3.05, 3.63) is 0 Å². The summed E-state index contributed by atoms with van der Waals surface area (Å²) in [5.41, 5.74) is 1.01. The highest BCUT2D eigenvalue weighted by atomic mass is 28.5. The molecule has 0 amide bonds. The molecule has 0 saturated carbocycles. The molecular weight excluding hydrogens is 913 g/mol. The lowest BCUT2D eigenvalue weighted by atomic mass is 10.1. The SMILES string of the molecule is CCCCCC(CCCCC)[Si](O)(OC)OC.CCCCCC(CCCCC)[Si](O)(OC)OC.CCCCCC(CCCCC)[Si](OC)(OC)O[Si](OC)(OC)C(CCCCC)CCCCC. The van der Waals surface area contributed by atoms with Crippen molar-refractivity contribution in [2.24, 2.45) is 0 Å². The second-order valence-electron chi connectivity index (χ2n) is 19.0. The Kier molecular flexibility index (Phi) is 50.7. The van der Waals surface area contributed by atoms with Crippen molar-refractivity contribution in [2.45, 2.75) is 283 Å². The predicted molar refractivity (Wildman–Crippen MR) is 293 cm³/mol. The summed E-state index contributed by atoms with van der Waals surface area (Å²) < 4.78 is 53.2. The predicted octanol–water partition coefficient (Wildman–Crippen LogP) is 16.0. The molecule has 0 bridgehead atoms. The third-order valence-electron chi connectivity index (χ3n) is 13.9. The van der Waals surface area contributed by atoms with Crippen molar-refractivity contribution in [1.29, 1.82) is 0 Å². The van der Waals surface area contributed by atoms with E-state index < -0.39 is 35.2 Å². The molecule has 408 valence electrons. The Hall–Kier alpha value is 0.428. The van der Waals surface area contributed by atoms with Crippen LogP contribution in [-0.2, 0) is 39.5 Å². The first kappa shape index (κ1) is 71.7. The largest absolute Gasteiger partial charge is 0.500 e. The monoisotopic (exact) mass is 1030 g/mol. The maximum atomic E-state index is 10.4. The van der Waals surface area contributed by atoms with Crippen molar-refractivity contribution in [3.8, 4) is 0 Å². The van der Waals surface area contributed by atoms with E-state index in [4.69, 9.17) is 39.5 Å². The van der Waals surface area contributed by atoms with Crippen LogP contribution in [0.5, 0.6) is 0 Å². The Bertz CT molecular complexity index is 889. The third-order valence-corrected chi connectivity index (χ3v) is 27.1. The Balaban J connectivity index is -0.00000101. The summed E-state index contributed by atoms with van der Waals surface area (Å²) in [6.45, 7) is 17.8. The first-order valence-corrected chi connectivity index (χ1v) is 35.1. The number of hydrogen-bond donors (Lipinski definition) is 2. The van der Waals surface area contributed by atoms with Gasteiger partial charge in [0.25, 0.3) is 0 Å². The van der Waals surface area contributed by atoms with E-state index in [2.05, 4.69) is 55.4 Å². The van der Waals surface area contributed by atoms with Crippen LogP contribution in [0.25, 0.3) is 0 Å². The van der Waals surface area contributed by atoms with Gasteiger partial charge in [0.05, 0.1) is 0 Å². The van der Waals surface area contributed by atoms with Crippen molar-refractivity contribution >= 4 is 35.2 Å². The highest BCUT2D eigenvalue weighted by molar-refractivity contribution is 6.76. The Morgan fingerprint density at radius 1 is 0.254 bits per heavy atom. The number of hydrogen-bond acceptors (Lipinski definition) is 11. The van der Waals surface area contributed by atoms with Crippen LogP contribution in [0.1, 0.15) is 261 Å². The molecule has 0 aliphatic heterocycles. The molecule has 0 rings (SSSR count). The first-order chi connectivity index (χ1) is 32.3. The Morgan fingerprint density at radius 2 is 0.418 bits per heavy atom. The minimum absolute atomic E-state index is 0.218. The van der Waals surface area contributed by atoms with E-state index in [1.54, 1.807) is 56.9 Å². The smallest absolute Gasteiger partial charge is 0.390 e. The van der Waals surface area contributed by atoms with Crippen LogP contribution in [0, 0.1) is 0 Å². The molecule has 0 fully saturated rings. The van der Waals surface area contributed by atoms with Crippen LogP contribution in [0.3, 0.4) is 0 Å². The fourth-order valence-corrected chi connectivity index (χ4v) is 21.4. The van der Waals surface area contributed by atoms with E-state index in [0.29, 0.717) is 0 Å². The van der Waals surface area contributed by atoms with Gasteiger partial charge in [-0.2, -0.15) is 0 Å². The second-order valence-corrected chi connectivity index (χ2v) is 31.2. The molecule has 0 aromatic rings. The van der Waals surface area contributed by atoms with Crippen LogP contribution in [0.15, 0.2) is 0 Å². The number of unbranched alkanes of at least 4 members (excludes halogenated alkanes) is 16. The summed E-state index contributed by atoms with van der Waals surface area (Å²) in [5, 5.41) is 0. The molecule has 0 aromatic carbocycles. The van der Waals surface area contributed by atoms with Gasteiger partial charge in [-0.05, 0) is 51.4 Å². The molecule has 15 heteroatoms. The molecule has 67 heavy (non-hydrogen) atoms. The standard InChI is InChI=1S/C26H58O5Si2.2C13H30O3Si/c1-9-13-17-21-25(22-18-14-10-2)32(27-5,28-6)31-33(29-7,30-8)26(23-19-15-11-3)24-20-16-12-4;2*1-5-7-9-11-13(12-10-8-6-2)17(14,15-3)16-4/h25-26H,9-24H2,1-8H3;2*13-14H,5-12H2,1-4H3. The molecule has 11 nitrogen and oxygen atoms in total. The van der Waals surface area contributed by atoms with E-state index in [0.717, 1.165) is 77.0 Å². The van der Waals surface area contributed by atoms with Gasteiger partial charge in [0, 0.05) is 79.0 Å². The minimum atomic E-state index is -3.00. The van der Waals surface area contributed by atoms with E-state index in [9.17, 15) is 9.59 Å². The molecule has 2 N–H and O–H groups in total. The molecule has 0 unspecified atom stereocenters. The highest BCUT2D eigenvalue weighted by Crippen LogP contribution is 2.43. The second kappa shape index (κ2) is 47.4. The fraction of sp³-hybridized carbons (Fsp3) is 1.00. The zero-order valence-corrected chi connectivity index (χ0v) is 51.5. The highest BCUT2D eigenvalue weighted by Gasteiger charge is 2.59. The van der Waals surface area contributed by atoms with Gasteiger partial charge in [0.1, 0.15) is 0 Å². The maximum absolute atomic E-state index is 10.4. The first-order valence-electron chi connectivity index (χ1n) is 27.8. The number of rotatable bonds is 46. The lowest BCUT2D eigenvalue weighted by Crippen LogP contribution is -2.61.